The molecular formula is C12H15BrN2O2. The van der Waals surface area contributed by atoms with Crippen molar-refractivity contribution >= 4 is 27.6 Å². The highest BCUT2D eigenvalue weighted by atomic mass is 79.9. The lowest BCUT2D eigenvalue weighted by atomic mass is 10.2. The summed E-state index contributed by atoms with van der Waals surface area (Å²) in [5.41, 5.74) is 0.889. The molecule has 4 nitrogen and oxygen atoms in total. The van der Waals surface area contributed by atoms with Crippen LogP contribution >= 0.6 is 15.9 Å². The Balaban J connectivity index is 2.21. The zero-order chi connectivity index (χ0) is 12.3. The highest BCUT2D eigenvalue weighted by Gasteiger charge is 2.27. The Labute approximate surface area is 109 Å². The quantitative estimate of drug-likeness (QED) is 0.928. The van der Waals surface area contributed by atoms with Gasteiger partial charge in [0.25, 0.3) is 0 Å². The number of halogens is 1. The Morgan fingerprint density at radius 1 is 1.29 bits per heavy atom. The zero-order valence-corrected chi connectivity index (χ0v) is 11.1. The van der Waals surface area contributed by atoms with Gasteiger partial charge in [0.1, 0.15) is 0 Å². The van der Waals surface area contributed by atoms with Crippen molar-refractivity contribution in [3.63, 3.8) is 0 Å². The number of anilines is 1. The molecular weight excluding hydrogens is 284 g/mol. The van der Waals surface area contributed by atoms with Crippen LogP contribution in [0.15, 0.2) is 28.7 Å². The van der Waals surface area contributed by atoms with E-state index in [0.29, 0.717) is 6.54 Å². The van der Waals surface area contributed by atoms with Gasteiger partial charge in [-0.15, -0.1) is 0 Å². The molecule has 5 heteroatoms. The maximum Gasteiger partial charge on any atom is 0.324 e. The van der Waals surface area contributed by atoms with Gasteiger partial charge >= 0.3 is 6.03 Å². The van der Waals surface area contributed by atoms with Gasteiger partial charge in [-0.1, -0.05) is 12.1 Å². The lowest BCUT2D eigenvalue weighted by molar-refractivity contribution is 0.174. The number of rotatable bonds is 3. The molecule has 0 radical (unpaired) electrons. The molecule has 1 saturated heterocycles. The third-order valence-electron chi connectivity index (χ3n) is 2.82. The first-order valence-corrected chi connectivity index (χ1v) is 6.45. The van der Waals surface area contributed by atoms with Crippen LogP contribution in [0.25, 0.3) is 0 Å². The maximum absolute atomic E-state index is 12.2. The first kappa shape index (κ1) is 12.4. The summed E-state index contributed by atoms with van der Waals surface area (Å²) in [4.78, 5) is 15.6. The zero-order valence-electron chi connectivity index (χ0n) is 9.47. The molecule has 2 amide bonds. The highest BCUT2D eigenvalue weighted by Crippen LogP contribution is 2.28. The molecule has 17 heavy (non-hydrogen) atoms. The van der Waals surface area contributed by atoms with Crippen LogP contribution in [-0.2, 0) is 0 Å². The first-order chi connectivity index (χ1) is 8.24. The first-order valence-electron chi connectivity index (χ1n) is 5.66. The molecule has 1 aromatic carbocycles. The normalized spacial score (nSPS) is 16.5. The van der Waals surface area contributed by atoms with Gasteiger partial charge in [-0.3, -0.25) is 4.90 Å². The number of carbonyl (C=O) groups excluding carboxylic acids is 1. The molecule has 0 aliphatic carbocycles. The molecule has 0 saturated carbocycles. The number of nitrogens with zero attached hydrogens (tertiary/aromatic N) is 2. The number of benzene rings is 1. The molecule has 0 unspecified atom stereocenters. The number of urea groups is 1. The summed E-state index contributed by atoms with van der Waals surface area (Å²) in [5, 5.41) is 8.93. The third kappa shape index (κ3) is 2.61. The molecule has 92 valence electrons. The summed E-state index contributed by atoms with van der Waals surface area (Å²) < 4.78 is 0.916. The summed E-state index contributed by atoms with van der Waals surface area (Å²) in [5.74, 6) is 0. The second kappa shape index (κ2) is 5.51. The average molecular weight is 299 g/mol. The molecule has 0 atom stereocenters. The van der Waals surface area contributed by atoms with Gasteiger partial charge in [-0.25, -0.2) is 4.79 Å². The molecule has 1 N–H and O–H groups in total. The number of amides is 2. The molecule has 1 aromatic rings. The van der Waals surface area contributed by atoms with E-state index in [2.05, 4.69) is 15.9 Å². The smallest absolute Gasteiger partial charge is 0.324 e. The van der Waals surface area contributed by atoms with Gasteiger partial charge in [0.05, 0.1) is 12.3 Å². The standard InChI is InChI=1S/C12H15BrN2O2/c13-10-4-1-2-5-11(10)15-7-3-6-14(8-9-16)12(15)17/h1-2,4-5,16H,3,6-9H2. The fourth-order valence-electron chi connectivity index (χ4n) is 2.00. The van der Waals surface area contributed by atoms with Crippen molar-refractivity contribution in [3.05, 3.63) is 28.7 Å². The van der Waals surface area contributed by atoms with Crippen molar-refractivity contribution in [3.8, 4) is 0 Å². The van der Waals surface area contributed by atoms with E-state index in [1.54, 1.807) is 9.80 Å². The van der Waals surface area contributed by atoms with Crippen molar-refractivity contribution in [1.82, 2.24) is 4.90 Å². The molecule has 0 bridgehead atoms. The minimum atomic E-state index is -0.0304. The van der Waals surface area contributed by atoms with Crippen LogP contribution < -0.4 is 4.90 Å². The summed E-state index contributed by atoms with van der Waals surface area (Å²) in [6.07, 6.45) is 0.924. The van der Waals surface area contributed by atoms with Gasteiger partial charge < -0.3 is 10.0 Å². The molecule has 1 aliphatic rings. The Bertz CT molecular complexity index is 409. The van der Waals surface area contributed by atoms with Crippen molar-refractivity contribution in [1.29, 1.82) is 0 Å². The molecule has 1 aliphatic heterocycles. The van der Waals surface area contributed by atoms with Crippen molar-refractivity contribution in [2.45, 2.75) is 6.42 Å². The van der Waals surface area contributed by atoms with E-state index in [1.807, 2.05) is 24.3 Å². The van der Waals surface area contributed by atoms with E-state index in [4.69, 9.17) is 5.11 Å². The molecule has 0 aromatic heterocycles. The van der Waals surface area contributed by atoms with E-state index in [0.717, 1.165) is 29.7 Å². The van der Waals surface area contributed by atoms with Gasteiger partial charge in [0.2, 0.25) is 0 Å². The lowest BCUT2D eigenvalue weighted by Gasteiger charge is -2.35. The average Bonchev–Trinajstić information content (AvgIpc) is 2.33. The van der Waals surface area contributed by atoms with Crippen LogP contribution in [0.3, 0.4) is 0 Å². The van der Waals surface area contributed by atoms with Gasteiger partial charge in [-0.2, -0.15) is 0 Å². The fraction of sp³-hybridized carbons (Fsp3) is 0.417. The summed E-state index contributed by atoms with van der Waals surface area (Å²) >= 11 is 3.46. The maximum atomic E-state index is 12.2. The number of hydrogen-bond donors (Lipinski definition) is 1. The van der Waals surface area contributed by atoms with E-state index >= 15 is 0 Å². The third-order valence-corrected chi connectivity index (χ3v) is 3.49. The number of hydrogen-bond acceptors (Lipinski definition) is 2. The topological polar surface area (TPSA) is 43.8 Å². The predicted octanol–water partition coefficient (Wildman–Crippen LogP) is 2.07. The highest BCUT2D eigenvalue weighted by molar-refractivity contribution is 9.10. The second-order valence-electron chi connectivity index (χ2n) is 3.95. The van der Waals surface area contributed by atoms with E-state index < -0.39 is 0 Å². The number of carbonyl (C=O) groups is 1. The Morgan fingerprint density at radius 2 is 2.06 bits per heavy atom. The van der Waals surface area contributed by atoms with Crippen LogP contribution in [-0.4, -0.2) is 42.3 Å². The molecule has 1 heterocycles. The van der Waals surface area contributed by atoms with E-state index in [-0.39, 0.29) is 12.6 Å². The minimum absolute atomic E-state index is 0.00946. The largest absolute Gasteiger partial charge is 0.395 e. The van der Waals surface area contributed by atoms with Gasteiger partial charge in [0.15, 0.2) is 0 Å². The number of para-hydroxylation sites is 1. The lowest BCUT2D eigenvalue weighted by Crippen LogP contribution is -2.50. The number of β-amino-alcohol motifs (C(OH)–C–C–N with tert-alkyl or cyclic N) is 1. The van der Waals surface area contributed by atoms with Crippen molar-refractivity contribution < 1.29 is 9.90 Å². The monoisotopic (exact) mass is 298 g/mol. The molecule has 0 spiro atoms. The van der Waals surface area contributed by atoms with Crippen molar-refractivity contribution in [2.24, 2.45) is 0 Å². The van der Waals surface area contributed by atoms with Crippen LogP contribution in [0.4, 0.5) is 10.5 Å². The SMILES string of the molecule is O=C1N(CCO)CCCN1c1ccccc1Br. The molecule has 1 fully saturated rings. The summed E-state index contributed by atoms with van der Waals surface area (Å²) in [7, 11) is 0. The van der Waals surface area contributed by atoms with E-state index in [9.17, 15) is 4.79 Å². The van der Waals surface area contributed by atoms with E-state index in [1.165, 1.54) is 0 Å². The van der Waals surface area contributed by atoms with Crippen LogP contribution in [0, 0.1) is 0 Å². The second-order valence-corrected chi connectivity index (χ2v) is 4.80. The summed E-state index contributed by atoms with van der Waals surface area (Å²) in [6, 6.07) is 7.65. The van der Waals surface area contributed by atoms with Crippen molar-refractivity contribution in [2.75, 3.05) is 31.1 Å². The molecule has 2 rings (SSSR count). The predicted molar refractivity (Wildman–Crippen MR) is 70.2 cm³/mol. The van der Waals surface area contributed by atoms with Crippen LogP contribution in [0.1, 0.15) is 6.42 Å². The fourth-order valence-corrected chi connectivity index (χ4v) is 2.50. The minimum Gasteiger partial charge on any atom is -0.395 e. The Hall–Kier alpha value is -1.07. The van der Waals surface area contributed by atoms with Gasteiger partial charge in [0, 0.05) is 24.1 Å². The Morgan fingerprint density at radius 3 is 2.76 bits per heavy atom. The van der Waals surface area contributed by atoms with Crippen LogP contribution in [0.5, 0.6) is 0 Å². The number of aliphatic hydroxyl groups is 1. The van der Waals surface area contributed by atoms with Gasteiger partial charge in [-0.05, 0) is 34.5 Å². The Kier molecular flexibility index (Phi) is 4.02. The number of aliphatic hydroxyl groups excluding tert-OH is 1. The van der Waals surface area contributed by atoms with Crippen LogP contribution in [0.2, 0.25) is 0 Å². The summed E-state index contributed by atoms with van der Waals surface area (Å²) in [6.45, 7) is 1.86.